The third kappa shape index (κ3) is 2.81. The average Bonchev–Trinajstić information content (AvgIpc) is 3.05. The van der Waals surface area contributed by atoms with Gasteiger partial charge < -0.3 is 9.88 Å². The van der Waals surface area contributed by atoms with E-state index in [-0.39, 0.29) is 0 Å². The van der Waals surface area contributed by atoms with E-state index < -0.39 is 0 Å². The number of nitrogens with one attached hydrogen (secondary N) is 1. The predicted octanol–water partition coefficient (Wildman–Crippen LogP) is 1.18. The van der Waals surface area contributed by atoms with Crippen LogP contribution in [0.1, 0.15) is 23.6 Å². The van der Waals surface area contributed by atoms with Crippen molar-refractivity contribution in [1.82, 2.24) is 25.1 Å². The maximum absolute atomic E-state index is 4.34. The number of hydrogen-bond donors (Lipinski definition) is 1. The minimum Gasteiger partial charge on any atom is -0.316 e. The molecule has 1 N–H and O–H groups in total. The van der Waals surface area contributed by atoms with Crippen molar-refractivity contribution in [3.8, 4) is 0 Å². The largest absolute Gasteiger partial charge is 0.316 e. The number of aryl methyl sites for hydroxylation is 1. The van der Waals surface area contributed by atoms with Gasteiger partial charge in [0.05, 0.1) is 6.54 Å². The van der Waals surface area contributed by atoms with Gasteiger partial charge in [0, 0.05) is 18.8 Å². The first-order chi connectivity index (χ1) is 9.33. The molecule has 0 aliphatic carbocycles. The summed E-state index contributed by atoms with van der Waals surface area (Å²) in [5.41, 5.74) is 1.24. The Morgan fingerprint density at radius 2 is 2.16 bits per heavy atom. The van der Waals surface area contributed by atoms with Gasteiger partial charge in [0.15, 0.2) is 0 Å². The topological polar surface area (TPSA) is 55.6 Å². The van der Waals surface area contributed by atoms with E-state index in [1.54, 1.807) is 0 Å². The van der Waals surface area contributed by atoms with Crippen LogP contribution in [0.2, 0.25) is 0 Å². The smallest absolute Gasteiger partial charge is 0.133 e. The van der Waals surface area contributed by atoms with Crippen LogP contribution in [0.15, 0.2) is 24.5 Å². The molecule has 100 valence electrons. The van der Waals surface area contributed by atoms with Crippen molar-refractivity contribution in [2.45, 2.75) is 26.3 Å². The summed E-state index contributed by atoms with van der Waals surface area (Å²) < 4.78 is 2.22. The molecule has 1 unspecified atom stereocenters. The summed E-state index contributed by atoms with van der Waals surface area (Å²) in [6.07, 6.45) is 5.91. The summed E-state index contributed by atoms with van der Waals surface area (Å²) in [7, 11) is 0. The van der Waals surface area contributed by atoms with E-state index >= 15 is 0 Å². The van der Waals surface area contributed by atoms with Gasteiger partial charge in [-0.15, -0.1) is 10.2 Å². The number of hydrogen-bond acceptors (Lipinski definition) is 4. The van der Waals surface area contributed by atoms with Gasteiger partial charge in [0.2, 0.25) is 0 Å². The second kappa shape index (κ2) is 5.48. The minimum absolute atomic E-state index is 0.694. The van der Waals surface area contributed by atoms with Crippen LogP contribution in [-0.4, -0.2) is 32.8 Å². The van der Waals surface area contributed by atoms with Crippen molar-refractivity contribution in [1.29, 1.82) is 0 Å². The minimum atomic E-state index is 0.694. The third-order valence-electron chi connectivity index (χ3n) is 3.74. The fourth-order valence-electron chi connectivity index (χ4n) is 2.60. The maximum Gasteiger partial charge on any atom is 0.133 e. The lowest BCUT2D eigenvalue weighted by Crippen LogP contribution is -2.15. The second-order valence-electron chi connectivity index (χ2n) is 5.17. The Kier molecular flexibility index (Phi) is 3.55. The molecule has 0 radical (unpaired) electrons. The summed E-state index contributed by atoms with van der Waals surface area (Å²) in [6.45, 7) is 5.07. The molecular formula is C14H19N5. The molecule has 1 fully saturated rings. The molecule has 19 heavy (non-hydrogen) atoms. The first-order valence-electron chi connectivity index (χ1n) is 6.81. The van der Waals surface area contributed by atoms with E-state index in [4.69, 9.17) is 0 Å². The lowest BCUT2D eigenvalue weighted by Gasteiger charge is -2.11. The molecular weight excluding hydrogens is 238 g/mol. The molecule has 2 aromatic rings. The van der Waals surface area contributed by atoms with E-state index in [1.807, 2.05) is 31.5 Å². The monoisotopic (exact) mass is 257 g/mol. The number of nitrogens with zero attached hydrogens (tertiary/aromatic N) is 4. The average molecular weight is 257 g/mol. The predicted molar refractivity (Wildman–Crippen MR) is 72.8 cm³/mol. The first-order valence-corrected chi connectivity index (χ1v) is 6.81. The summed E-state index contributed by atoms with van der Waals surface area (Å²) in [6, 6.07) is 4.08. The van der Waals surface area contributed by atoms with Gasteiger partial charge in [-0.3, -0.25) is 4.98 Å². The van der Waals surface area contributed by atoms with Crippen molar-refractivity contribution in [2.75, 3.05) is 13.1 Å². The van der Waals surface area contributed by atoms with Crippen LogP contribution in [0, 0.1) is 12.8 Å². The normalized spacial score (nSPS) is 18.9. The van der Waals surface area contributed by atoms with Crippen molar-refractivity contribution in [3.63, 3.8) is 0 Å². The third-order valence-corrected chi connectivity index (χ3v) is 3.74. The van der Waals surface area contributed by atoms with Crippen molar-refractivity contribution >= 4 is 0 Å². The fourth-order valence-corrected chi connectivity index (χ4v) is 2.60. The first kappa shape index (κ1) is 12.3. The van der Waals surface area contributed by atoms with Gasteiger partial charge in [-0.2, -0.15) is 0 Å². The highest BCUT2D eigenvalue weighted by atomic mass is 15.3. The highest BCUT2D eigenvalue weighted by Gasteiger charge is 2.19. The summed E-state index contributed by atoms with van der Waals surface area (Å²) in [5.74, 6) is 2.78. The summed E-state index contributed by atoms with van der Waals surface area (Å²) in [4.78, 5) is 4.05. The molecule has 5 heteroatoms. The molecule has 0 amide bonds. The SMILES string of the molecule is Cc1nnc(CC2CCNC2)n1Cc1ccncc1. The summed E-state index contributed by atoms with van der Waals surface area (Å²) >= 11 is 0. The van der Waals surface area contributed by atoms with Gasteiger partial charge in [0.25, 0.3) is 0 Å². The Hall–Kier alpha value is -1.75. The molecule has 0 aromatic carbocycles. The van der Waals surface area contributed by atoms with E-state index in [0.717, 1.165) is 37.7 Å². The Balaban J connectivity index is 1.78. The van der Waals surface area contributed by atoms with E-state index in [2.05, 4.69) is 25.1 Å². The standard InChI is InChI=1S/C14H19N5/c1-11-17-18-14(8-13-4-7-16-9-13)19(11)10-12-2-5-15-6-3-12/h2-3,5-6,13,16H,4,7-10H2,1H3. The molecule has 0 bridgehead atoms. The zero-order chi connectivity index (χ0) is 13.1. The zero-order valence-electron chi connectivity index (χ0n) is 11.2. The molecule has 3 heterocycles. The van der Waals surface area contributed by atoms with E-state index in [0.29, 0.717) is 5.92 Å². The van der Waals surface area contributed by atoms with Gasteiger partial charge in [-0.1, -0.05) is 0 Å². The van der Waals surface area contributed by atoms with Crippen molar-refractivity contribution < 1.29 is 0 Å². The van der Waals surface area contributed by atoms with Gasteiger partial charge >= 0.3 is 0 Å². The number of rotatable bonds is 4. The number of aromatic nitrogens is 4. The quantitative estimate of drug-likeness (QED) is 0.893. The highest BCUT2D eigenvalue weighted by molar-refractivity contribution is 5.12. The lowest BCUT2D eigenvalue weighted by molar-refractivity contribution is 0.540. The summed E-state index contributed by atoms with van der Waals surface area (Å²) in [5, 5.41) is 12.0. The van der Waals surface area contributed by atoms with Crippen LogP contribution in [0.5, 0.6) is 0 Å². The zero-order valence-corrected chi connectivity index (χ0v) is 11.2. The van der Waals surface area contributed by atoms with Crippen molar-refractivity contribution in [2.24, 2.45) is 5.92 Å². The van der Waals surface area contributed by atoms with Crippen LogP contribution < -0.4 is 5.32 Å². The molecule has 0 saturated carbocycles. The highest BCUT2D eigenvalue weighted by Crippen LogP contribution is 2.15. The van der Waals surface area contributed by atoms with Crippen LogP contribution in [-0.2, 0) is 13.0 Å². The Morgan fingerprint density at radius 3 is 2.89 bits per heavy atom. The van der Waals surface area contributed by atoms with E-state index in [1.165, 1.54) is 12.0 Å². The molecule has 1 saturated heterocycles. The van der Waals surface area contributed by atoms with Crippen molar-refractivity contribution in [3.05, 3.63) is 41.7 Å². The van der Waals surface area contributed by atoms with Crippen LogP contribution in [0.25, 0.3) is 0 Å². The fraction of sp³-hybridized carbons (Fsp3) is 0.500. The molecule has 1 atom stereocenters. The molecule has 1 aliphatic rings. The molecule has 3 rings (SSSR count). The van der Waals surface area contributed by atoms with Gasteiger partial charge in [0.1, 0.15) is 11.6 Å². The van der Waals surface area contributed by atoms with Crippen LogP contribution in [0.4, 0.5) is 0 Å². The van der Waals surface area contributed by atoms with Crippen LogP contribution >= 0.6 is 0 Å². The molecule has 1 aliphatic heterocycles. The Labute approximate surface area is 113 Å². The lowest BCUT2D eigenvalue weighted by atomic mass is 10.0. The molecule has 2 aromatic heterocycles. The Bertz CT molecular complexity index is 528. The Morgan fingerprint density at radius 1 is 1.32 bits per heavy atom. The molecule has 0 spiro atoms. The maximum atomic E-state index is 4.34. The van der Waals surface area contributed by atoms with Crippen LogP contribution in [0.3, 0.4) is 0 Å². The number of pyridine rings is 1. The second-order valence-corrected chi connectivity index (χ2v) is 5.17. The van der Waals surface area contributed by atoms with E-state index in [9.17, 15) is 0 Å². The van der Waals surface area contributed by atoms with Gasteiger partial charge in [-0.25, -0.2) is 0 Å². The molecule has 5 nitrogen and oxygen atoms in total. The van der Waals surface area contributed by atoms with Gasteiger partial charge in [-0.05, 0) is 50.0 Å².